The van der Waals surface area contributed by atoms with Crippen molar-refractivity contribution in [3.05, 3.63) is 92.9 Å². The summed E-state index contributed by atoms with van der Waals surface area (Å²) in [6.07, 6.45) is 0. The molecule has 0 atom stereocenters. The quantitative estimate of drug-likeness (QED) is 0.361. The van der Waals surface area contributed by atoms with Crippen molar-refractivity contribution >= 4 is 43.8 Å². The van der Waals surface area contributed by atoms with E-state index in [2.05, 4.69) is 31.9 Å². The Bertz CT molecular complexity index is 891. The predicted molar refractivity (Wildman–Crippen MR) is 105 cm³/mol. The number of halogens is 2. The van der Waals surface area contributed by atoms with Crippen LogP contribution >= 0.6 is 31.9 Å². The minimum Gasteiger partial charge on any atom is -0.419 e. The lowest BCUT2D eigenvalue weighted by atomic mass is 10.2. The van der Waals surface area contributed by atoms with E-state index in [0.29, 0.717) is 11.1 Å². The van der Waals surface area contributed by atoms with Gasteiger partial charge in [-0.2, -0.15) is 0 Å². The van der Waals surface area contributed by atoms with Crippen LogP contribution in [-0.4, -0.2) is 11.9 Å². The smallest absolute Gasteiger partial charge is 0.343 e. The Morgan fingerprint density at radius 2 is 1.04 bits per heavy atom. The van der Waals surface area contributed by atoms with Gasteiger partial charge in [0.15, 0.2) is 11.5 Å². The molecule has 6 heteroatoms. The molecule has 3 aromatic carbocycles. The molecule has 3 rings (SSSR count). The van der Waals surface area contributed by atoms with Gasteiger partial charge in [-0.1, -0.05) is 56.1 Å². The normalized spacial score (nSPS) is 10.2. The predicted octanol–water partition coefficient (Wildman–Crippen LogP) is 5.65. The number of para-hydroxylation sites is 2. The fourth-order valence-corrected chi connectivity index (χ4v) is 2.97. The highest BCUT2D eigenvalue weighted by Crippen LogP contribution is 2.28. The molecule has 26 heavy (non-hydrogen) atoms. The maximum atomic E-state index is 12.3. The van der Waals surface area contributed by atoms with Crippen LogP contribution in [0.1, 0.15) is 20.7 Å². The molecule has 0 aliphatic carbocycles. The lowest BCUT2D eigenvalue weighted by molar-refractivity contribution is 0.0682. The first-order valence-corrected chi connectivity index (χ1v) is 9.16. The molecule has 0 fully saturated rings. The molecule has 0 heterocycles. The number of carbonyl (C=O) groups is 2. The van der Waals surface area contributed by atoms with Crippen molar-refractivity contribution in [1.82, 2.24) is 0 Å². The van der Waals surface area contributed by atoms with Gasteiger partial charge in [0.05, 0.1) is 11.1 Å². The third kappa shape index (κ3) is 4.59. The fraction of sp³-hybridized carbons (Fsp3) is 0. The number of benzene rings is 3. The van der Waals surface area contributed by atoms with Crippen LogP contribution < -0.4 is 9.47 Å². The highest BCUT2D eigenvalue weighted by Gasteiger charge is 2.16. The maximum Gasteiger partial charge on any atom is 0.343 e. The first-order valence-electron chi connectivity index (χ1n) is 7.57. The average molecular weight is 476 g/mol. The summed E-state index contributed by atoms with van der Waals surface area (Å²) in [5.41, 5.74) is 0.764. The van der Waals surface area contributed by atoms with Gasteiger partial charge in [0.1, 0.15) is 0 Å². The van der Waals surface area contributed by atoms with E-state index in [9.17, 15) is 9.59 Å². The fourth-order valence-electron chi connectivity index (χ4n) is 2.17. The van der Waals surface area contributed by atoms with Crippen LogP contribution in [0.25, 0.3) is 0 Å². The molecule has 0 aromatic heterocycles. The monoisotopic (exact) mass is 474 g/mol. The van der Waals surface area contributed by atoms with Crippen molar-refractivity contribution in [3.8, 4) is 11.5 Å². The summed E-state index contributed by atoms with van der Waals surface area (Å²) in [7, 11) is 0. The Morgan fingerprint density at radius 3 is 1.42 bits per heavy atom. The molecule has 0 radical (unpaired) electrons. The molecular weight excluding hydrogens is 464 g/mol. The number of rotatable bonds is 4. The SMILES string of the molecule is O=C(Oc1ccccc1OC(=O)c1cccc(Br)c1)c1cccc(Br)c1. The summed E-state index contributed by atoms with van der Waals surface area (Å²) in [6.45, 7) is 0. The van der Waals surface area contributed by atoms with Crippen molar-refractivity contribution in [2.75, 3.05) is 0 Å². The second-order valence-corrected chi connectivity index (χ2v) is 7.08. The Morgan fingerprint density at radius 1 is 0.615 bits per heavy atom. The van der Waals surface area contributed by atoms with E-state index in [-0.39, 0.29) is 11.5 Å². The molecule has 3 aromatic rings. The van der Waals surface area contributed by atoms with E-state index in [0.717, 1.165) is 8.95 Å². The molecular formula is C20H12Br2O4. The average Bonchev–Trinajstić information content (AvgIpc) is 2.63. The van der Waals surface area contributed by atoms with Gasteiger partial charge in [-0.25, -0.2) is 9.59 Å². The van der Waals surface area contributed by atoms with E-state index >= 15 is 0 Å². The zero-order chi connectivity index (χ0) is 18.5. The lowest BCUT2D eigenvalue weighted by Crippen LogP contribution is -2.12. The molecule has 0 amide bonds. The van der Waals surface area contributed by atoms with Crippen LogP contribution in [0.3, 0.4) is 0 Å². The zero-order valence-corrected chi connectivity index (χ0v) is 16.5. The van der Waals surface area contributed by atoms with Crippen molar-refractivity contribution in [2.24, 2.45) is 0 Å². The Balaban J connectivity index is 1.80. The van der Waals surface area contributed by atoms with E-state index in [4.69, 9.17) is 9.47 Å². The van der Waals surface area contributed by atoms with Crippen molar-refractivity contribution < 1.29 is 19.1 Å². The van der Waals surface area contributed by atoms with Gasteiger partial charge >= 0.3 is 11.9 Å². The van der Waals surface area contributed by atoms with Crippen LogP contribution in [0.5, 0.6) is 11.5 Å². The second kappa shape index (κ2) is 8.29. The molecule has 0 bridgehead atoms. The van der Waals surface area contributed by atoms with Crippen molar-refractivity contribution in [3.63, 3.8) is 0 Å². The van der Waals surface area contributed by atoms with Crippen LogP contribution in [-0.2, 0) is 0 Å². The Kier molecular flexibility index (Phi) is 5.85. The van der Waals surface area contributed by atoms with Gasteiger partial charge in [0, 0.05) is 8.95 Å². The van der Waals surface area contributed by atoms with E-state index in [1.165, 1.54) is 0 Å². The standard InChI is InChI=1S/C20H12Br2O4/c21-15-7-3-5-13(11-15)19(23)25-17-9-1-2-10-18(17)26-20(24)14-6-4-8-16(22)12-14/h1-12H. The zero-order valence-electron chi connectivity index (χ0n) is 13.3. The summed E-state index contributed by atoms with van der Waals surface area (Å²) in [6, 6.07) is 20.2. The summed E-state index contributed by atoms with van der Waals surface area (Å²) < 4.78 is 12.3. The summed E-state index contributed by atoms with van der Waals surface area (Å²) in [5, 5.41) is 0. The minimum absolute atomic E-state index is 0.167. The van der Waals surface area contributed by atoms with Gasteiger partial charge in [0.25, 0.3) is 0 Å². The molecule has 0 spiro atoms. The molecule has 0 saturated heterocycles. The largest absolute Gasteiger partial charge is 0.419 e. The topological polar surface area (TPSA) is 52.6 Å². The van der Waals surface area contributed by atoms with E-state index in [1.54, 1.807) is 60.7 Å². The summed E-state index contributed by atoms with van der Waals surface area (Å²) in [5.74, 6) is -0.754. The Hall–Kier alpha value is -2.44. The molecule has 0 aliphatic rings. The lowest BCUT2D eigenvalue weighted by Gasteiger charge is -2.10. The van der Waals surface area contributed by atoms with E-state index < -0.39 is 11.9 Å². The third-order valence-electron chi connectivity index (χ3n) is 3.38. The summed E-state index contributed by atoms with van der Waals surface area (Å²) >= 11 is 6.63. The van der Waals surface area contributed by atoms with Crippen molar-refractivity contribution in [1.29, 1.82) is 0 Å². The van der Waals surface area contributed by atoms with Crippen LogP contribution in [0.15, 0.2) is 81.7 Å². The third-order valence-corrected chi connectivity index (χ3v) is 4.36. The van der Waals surface area contributed by atoms with Gasteiger partial charge in [-0.15, -0.1) is 0 Å². The highest BCUT2D eigenvalue weighted by molar-refractivity contribution is 9.10. The van der Waals surface area contributed by atoms with Gasteiger partial charge in [-0.3, -0.25) is 0 Å². The molecule has 0 unspecified atom stereocenters. The number of hydrogen-bond donors (Lipinski definition) is 0. The van der Waals surface area contributed by atoms with Gasteiger partial charge < -0.3 is 9.47 Å². The first kappa shape index (κ1) is 18.4. The minimum atomic E-state index is -0.544. The van der Waals surface area contributed by atoms with Gasteiger partial charge in [0.2, 0.25) is 0 Å². The molecule has 130 valence electrons. The van der Waals surface area contributed by atoms with Crippen LogP contribution in [0.4, 0.5) is 0 Å². The van der Waals surface area contributed by atoms with Gasteiger partial charge in [-0.05, 0) is 48.5 Å². The molecule has 4 nitrogen and oxygen atoms in total. The molecule has 0 aliphatic heterocycles. The second-order valence-electron chi connectivity index (χ2n) is 5.25. The highest BCUT2D eigenvalue weighted by atomic mass is 79.9. The molecule has 0 saturated carbocycles. The van der Waals surface area contributed by atoms with E-state index in [1.807, 2.05) is 12.1 Å². The number of ether oxygens (including phenoxy) is 2. The van der Waals surface area contributed by atoms with Crippen LogP contribution in [0, 0.1) is 0 Å². The maximum absolute atomic E-state index is 12.3. The number of hydrogen-bond acceptors (Lipinski definition) is 4. The first-order chi connectivity index (χ1) is 12.5. The number of carbonyl (C=O) groups excluding carboxylic acids is 2. The number of esters is 2. The van der Waals surface area contributed by atoms with Crippen molar-refractivity contribution in [2.45, 2.75) is 0 Å². The summed E-state index contributed by atoms with van der Waals surface area (Å²) in [4.78, 5) is 24.7. The molecule has 0 N–H and O–H groups in total. The Labute approximate surface area is 167 Å². The van der Waals surface area contributed by atoms with Crippen LogP contribution in [0.2, 0.25) is 0 Å².